The van der Waals surface area contributed by atoms with Crippen LogP contribution in [0.4, 0.5) is 0 Å². The molecule has 2 aromatic carbocycles. The number of nitrogens with zero attached hydrogens (tertiary/aromatic N) is 1. The van der Waals surface area contributed by atoms with E-state index < -0.39 is 35.3 Å². The van der Waals surface area contributed by atoms with Crippen LogP contribution in [0.1, 0.15) is 50.2 Å². The number of carbonyl (C=O) groups is 6. The molecule has 43 heavy (non-hydrogen) atoms. The molecule has 0 atom stereocenters. The number of ether oxygens (including phenoxy) is 4. The fourth-order valence-corrected chi connectivity index (χ4v) is 3.81. The van der Waals surface area contributed by atoms with Gasteiger partial charge in [0.1, 0.15) is 0 Å². The van der Waals surface area contributed by atoms with E-state index in [-0.39, 0.29) is 44.5 Å². The maximum atomic E-state index is 12.3. The zero-order valence-corrected chi connectivity index (χ0v) is 24.0. The third-order valence-corrected chi connectivity index (χ3v) is 5.88. The van der Waals surface area contributed by atoms with Crippen LogP contribution < -0.4 is 18.9 Å². The maximum absolute atomic E-state index is 12.3. The molecule has 2 aromatic rings. The number of ketones is 2. The van der Waals surface area contributed by atoms with E-state index in [1.165, 1.54) is 39.4 Å². The molecule has 1 fully saturated rings. The third-order valence-electron chi connectivity index (χ3n) is 5.88. The highest BCUT2D eigenvalue weighted by molar-refractivity contribution is 6.11. The number of methoxy groups -OCH3 is 2. The van der Waals surface area contributed by atoms with Gasteiger partial charge in [-0.05, 0) is 54.0 Å². The highest BCUT2D eigenvalue weighted by Crippen LogP contribution is 2.30. The predicted octanol–water partition coefficient (Wildman–Crippen LogP) is 3.65. The van der Waals surface area contributed by atoms with Gasteiger partial charge < -0.3 is 23.8 Å². The van der Waals surface area contributed by atoms with Crippen molar-refractivity contribution in [3.8, 4) is 23.0 Å². The molecular weight excluding hydrogens is 562 g/mol. The van der Waals surface area contributed by atoms with Crippen molar-refractivity contribution >= 4 is 47.5 Å². The van der Waals surface area contributed by atoms with Crippen LogP contribution in [0.2, 0.25) is 0 Å². The molecule has 0 N–H and O–H groups in total. The number of carbonyl (C=O) groups excluding carboxylic acids is 6. The van der Waals surface area contributed by atoms with Crippen LogP contribution in [0.5, 0.6) is 23.0 Å². The molecule has 1 heterocycles. The van der Waals surface area contributed by atoms with E-state index in [0.29, 0.717) is 33.4 Å². The van der Waals surface area contributed by atoms with Crippen molar-refractivity contribution in [2.45, 2.75) is 39.0 Å². The highest BCUT2D eigenvalue weighted by Gasteiger charge is 2.32. The topological polar surface area (TPSA) is 152 Å². The van der Waals surface area contributed by atoms with Gasteiger partial charge in [0.2, 0.25) is 0 Å². The van der Waals surface area contributed by atoms with Gasteiger partial charge in [0.15, 0.2) is 34.6 Å². The zero-order valence-electron chi connectivity index (χ0n) is 24.0. The highest BCUT2D eigenvalue weighted by atomic mass is 16.7. The molecule has 0 saturated carbocycles. The average Bonchev–Trinajstić information content (AvgIpc) is 3.29. The number of imide groups is 1. The SMILES string of the molecule is COc1cc(/C=C/C(=O)CC(=O)/C=C/c2ccc(OC(C)=O)c(OC)c2)ccc1OCCCC(=O)ON1C(=O)CCC1=O. The summed E-state index contributed by atoms with van der Waals surface area (Å²) in [4.78, 5) is 75.6. The summed E-state index contributed by atoms with van der Waals surface area (Å²) >= 11 is 0. The second-order valence-corrected chi connectivity index (χ2v) is 9.19. The van der Waals surface area contributed by atoms with Crippen molar-refractivity contribution in [3.05, 3.63) is 59.7 Å². The van der Waals surface area contributed by atoms with E-state index in [2.05, 4.69) is 0 Å². The number of hydrogen-bond donors (Lipinski definition) is 0. The number of amides is 2. The second-order valence-electron chi connectivity index (χ2n) is 9.19. The summed E-state index contributed by atoms with van der Waals surface area (Å²) in [5, 5.41) is 0.503. The van der Waals surface area contributed by atoms with Crippen LogP contribution in [0, 0.1) is 0 Å². The fourth-order valence-electron chi connectivity index (χ4n) is 3.81. The van der Waals surface area contributed by atoms with E-state index in [0.717, 1.165) is 0 Å². The molecule has 2 amide bonds. The Hall–Kier alpha value is -5.26. The van der Waals surface area contributed by atoms with Crippen LogP contribution in [0.25, 0.3) is 12.2 Å². The van der Waals surface area contributed by atoms with Gasteiger partial charge in [-0.2, -0.15) is 0 Å². The van der Waals surface area contributed by atoms with Crippen molar-refractivity contribution in [1.29, 1.82) is 0 Å². The lowest BCUT2D eigenvalue weighted by Crippen LogP contribution is -2.32. The van der Waals surface area contributed by atoms with Gasteiger partial charge in [-0.15, -0.1) is 5.06 Å². The minimum absolute atomic E-state index is 0.0255. The standard InChI is InChI=1S/C31H31NO11/c1-20(33)42-26-13-9-22(18-28(26)40-3)7-11-24(35)19-23(34)10-6-21-8-12-25(27(17-21)39-2)41-16-4-5-31(38)43-32-29(36)14-15-30(32)37/h6-13,17-18H,4-5,14-16,19H2,1-3H3/b10-6+,11-7+. The van der Waals surface area contributed by atoms with E-state index in [4.69, 9.17) is 23.8 Å². The van der Waals surface area contributed by atoms with Crippen LogP contribution in [-0.2, 0) is 33.6 Å². The third kappa shape index (κ3) is 9.95. The first-order chi connectivity index (χ1) is 20.6. The largest absolute Gasteiger partial charge is 0.493 e. The number of esters is 1. The molecule has 12 nitrogen and oxygen atoms in total. The Kier molecular flexibility index (Phi) is 11.7. The second kappa shape index (κ2) is 15.7. The summed E-state index contributed by atoms with van der Waals surface area (Å²) in [5.74, 6) is -1.72. The van der Waals surface area contributed by atoms with Crippen molar-refractivity contribution in [1.82, 2.24) is 5.06 Å². The number of hydroxylamine groups is 2. The monoisotopic (exact) mass is 593 g/mol. The Bertz CT molecular complexity index is 1440. The number of rotatable bonds is 15. The summed E-state index contributed by atoms with van der Waals surface area (Å²) in [6.07, 6.45) is 5.57. The van der Waals surface area contributed by atoms with Gasteiger partial charge in [-0.1, -0.05) is 24.3 Å². The molecule has 3 rings (SSSR count). The first kappa shape index (κ1) is 32.3. The molecule has 12 heteroatoms. The van der Waals surface area contributed by atoms with Crippen LogP contribution in [0.3, 0.4) is 0 Å². The Morgan fingerprint density at radius 1 is 0.791 bits per heavy atom. The molecule has 0 aromatic heterocycles. The number of benzene rings is 2. The summed E-state index contributed by atoms with van der Waals surface area (Å²) in [6.45, 7) is 1.41. The summed E-state index contributed by atoms with van der Waals surface area (Å²) in [6, 6.07) is 9.76. The van der Waals surface area contributed by atoms with Crippen molar-refractivity contribution < 1.29 is 52.6 Å². The normalized spacial score (nSPS) is 13.0. The predicted molar refractivity (Wildman–Crippen MR) is 152 cm³/mol. The van der Waals surface area contributed by atoms with E-state index in [9.17, 15) is 28.8 Å². The first-order valence-electron chi connectivity index (χ1n) is 13.2. The van der Waals surface area contributed by atoms with Gasteiger partial charge in [-0.25, -0.2) is 4.79 Å². The van der Waals surface area contributed by atoms with Crippen molar-refractivity contribution in [2.24, 2.45) is 0 Å². The molecular formula is C31H31NO11. The van der Waals surface area contributed by atoms with Gasteiger partial charge >= 0.3 is 11.9 Å². The Morgan fingerprint density at radius 2 is 1.33 bits per heavy atom. The van der Waals surface area contributed by atoms with Crippen molar-refractivity contribution in [3.63, 3.8) is 0 Å². The molecule has 0 unspecified atom stereocenters. The Morgan fingerprint density at radius 3 is 1.86 bits per heavy atom. The van der Waals surface area contributed by atoms with Crippen LogP contribution in [-0.4, -0.2) is 61.2 Å². The molecule has 0 aliphatic carbocycles. The maximum Gasteiger partial charge on any atom is 0.333 e. The van der Waals surface area contributed by atoms with E-state index in [1.807, 2.05) is 0 Å². The van der Waals surface area contributed by atoms with E-state index >= 15 is 0 Å². The van der Waals surface area contributed by atoms with Gasteiger partial charge in [0, 0.05) is 19.8 Å². The summed E-state index contributed by atoms with van der Waals surface area (Å²) < 4.78 is 21.3. The van der Waals surface area contributed by atoms with Gasteiger partial charge in [0.25, 0.3) is 11.8 Å². The van der Waals surface area contributed by atoms with Crippen molar-refractivity contribution in [2.75, 3.05) is 20.8 Å². The fraction of sp³-hybridized carbons (Fsp3) is 0.290. The minimum atomic E-state index is -0.714. The van der Waals surface area contributed by atoms with E-state index in [1.54, 1.807) is 42.5 Å². The zero-order chi connectivity index (χ0) is 31.4. The molecule has 1 saturated heterocycles. The lowest BCUT2D eigenvalue weighted by Gasteiger charge is -2.13. The smallest absolute Gasteiger partial charge is 0.333 e. The molecule has 0 spiro atoms. The van der Waals surface area contributed by atoms with Gasteiger partial charge in [0.05, 0.1) is 33.7 Å². The molecule has 0 bridgehead atoms. The molecule has 0 radical (unpaired) electrons. The summed E-state index contributed by atoms with van der Waals surface area (Å²) in [5.41, 5.74) is 1.25. The first-order valence-corrected chi connectivity index (χ1v) is 13.2. The van der Waals surface area contributed by atoms with Crippen LogP contribution in [0.15, 0.2) is 48.6 Å². The average molecular weight is 594 g/mol. The molecule has 1 aliphatic heterocycles. The number of allylic oxidation sites excluding steroid dienone is 2. The Labute approximate surface area is 247 Å². The van der Waals surface area contributed by atoms with Gasteiger partial charge in [-0.3, -0.25) is 24.0 Å². The number of hydrogen-bond acceptors (Lipinski definition) is 11. The summed E-state index contributed by atoms with van der Waals surface area (Å²) in [7, 11) is 2.88. The lowest BCUT2D eigenvalue weighted by molar-refractivity contribution is -0.197. The molecule has 226 valence electrons. The lowest BCUT2D eigenvalue weighted by atomic mass is 10.1. The molecule has 1 aliphatic rings. The minimum Gasteiger partial charge on any atom is -0.493 e. The van der Waals surface area contributed by atoms with Crippen LogP contribution >= 0.6 is 0 Å². The quantitative estimate of drug-likeness (QED) is 0.0743. The Balaban J connectivity index is 1.47.